The van der Waals surface area contributed by atoms with Gasteiger partial charge in [-0.3, -0.25) is 0 Å². The molecule has 0 unspecified atom stereocenters. The SMILES string of the molecule is CC[C@H](C)C[C@H](CCCO)CN(CC)C(=O)OC(C)(C)C. The van der Waals surface area contributed by atoms with Gasteiger partial charge in [0.25, 0.3) is 0 Å². The largest absolute Gasteiger partial charge is 0.444 e. The number of aliphatic hydroxyl groups excluding tert-OH is 1. The van der Waals surface area contributed by atoms with E-state index in [0.29, 0.717) is 18.4 Å². The van der Waals surface area contributed by atoms with Gasteiger partial charge in [-0.05, 0) is 58.8 Å². The Bertz CT molecular complexity index is 286. The molecule has 0 aromatic carbocycles. The van der Waals surface area contributed by atoms with Crippen molar-refractivity contribution >= 4 is 6.09 Å². The summed E-state index contributed by atoms with van der Waals surface area (Å²) in [5.41, 5.74) is -0.457. The first kappa shape index (κ1) is 20.2. The number of ether oxygens (including phenoxy) is 1. The van der Waals surface area contributed by atoms with Crippen LogP contribution in [0.1, 0.15) is 67.2 Å². The van der Waals surface area contributed by atoms with Crippen molar-refractivity contribution in [3.8, 4) is 0 Å². The van der Waals surface area contributed by atoms with Gasteiger partial charge in [0.1, 0.15) is 5.60 Å². The Balaban J connectivity index is 4.63. The van der Waals surface area contributed by atoms with Gasteiger partial charge < -0.3 is 14.7 Å². The molecule has 0 aromatic heterocycles. The predicted molar refractivity (Wildman–Crippen MR) is 87.4 cm³/mol. The van der Waals surface area contributed by atoms with Crippen LogP contribution in [0.2, 0.25) is 0 Å². The zero-order valence-corrected chi connectivity index (χ0v) is 14.8. The summed E-state index contributed by atoms with van der Waals surface area (Å²) < 4.78 is 5.47. The summed E-state index contributed by atoms with van der Waals surface area (Å²) in [6.07, 6.45) is 3.76. The molecule has 0 rings (SSSR count). The van der Waals surface area contributed by atoms with Crippen LogP contribution in [0.3, 0.4) is 0 Å². The van der Waals surface area contributed by atoms with Crippen LogP contribution in [0.15, 0.2) is 0 Å². The lowest BCUT2D eigenvalue weighted by atomic mass is 9.90. The van der Waals surface area contributed by atoms with Crippen LogP contribution in [0.4, 0.5) is 4.79 Å². The molecule has 2 atom stereocenters. The highest BCUT2D eigenvalue weighted by Crippen LogP contribution is 2.21. The zero-order chi connectivity index (χ0) is 16.5. The number of carbonyl (C=O) groups excluding carboxylic acids is 1. The topological polar surface area (TPSA) is 49.8 Å². The van der Waals surface area contributed by atoms with Crippen molar-refractivity contribution in [2.24, 2.45) is 11.8 Å². The van der Waals surface area contributed by atoms with Gasteiger partial charge in [-0.2, -0.15) is 0 Å². The Hall–Kier alpha value is -0.770. The number of amides is 1. The Morgan fingerprint density at radius 1 is 1.29 bits per heavy atom. The molecule has 0 radical (unpaired) electrons. The second-order valence-corrected chi connectivity index (χ2v) is 7.00. The normalized spacial score (nSPS) is 14.6. The smallest absolute Gasteiger partial charge is 0.410 e. The fraction of sp³-hybridized carbons (Fsp3) is 0.941. The van der Waals surface area contributed by atoms with E-state index in [9.17, 15) is 4.79 Å². The van der Waals surface area contributed by atoms with E-state index in [-0.39, 0.29) is 12.7 Å². The maximum atomic E-state index is 12.2. The van der Waals surface area contributed by atoms with Crippen LogP contribution >= 0.6 is 0 Å². The number of hydrogen-bond acceptors (Lipinski definition) is 3. The van der Waals surface area contributed by atoms with Crippen LogP contribution in [0.5, 0.6) is 0 Å². The van der Waals surface area contributed by atoms with Crippen molar-refractivity contribution in [2.45, 2.75) is 72.8 Å². The van der Waals surface area contributed by atoms with Crippen molar-refractivity contribution in [2.75, 3.05) is 19.7 Å². The second kappa shape index (κ2) is 10.0. The predicted octanol–water partition coefficient (Wildman–Crippen LogP) is 4.07. The van der Waals surface area contributed by atoms with Crippen LogP contribution in [-0.2, 0) is 4.74 Å². The molecule has 0 aromatic rings. The van der Waals surface area contributed by atoms with Gasteiger partial charge in [-0.1, -0.05) is 20.3 Å². The van der Waals surface area contributed by atoms with Crippen molar-refractivity contribution in [1.82, 2.24) is 4.90 Å². The molecule has 0 saturated heterocycles. The van der Waals surface area contributed by atoms with Gasteiger partial charge in [0.05, 0.1) is 0 Å². The molecule has 21 heavy (non-hydrogen) atoms. The van der Waals surface area contributed by atoms with Gasteiger partial charge in [0, 0.05) is 19.7 Å². The van der Waals surface area contributed by atoms with Gasteiger partial charge in [-0.15, -0.1) is 0 Å². The molecule has 0 fully saturated rings. The van der Waals surface area contributed by atoms with E-state index >= 15 is 0 Å². The molecule has 126 valence electrons. The molecule has 0 aliphatic carbocycles. The zero-order valence-electron chi connectivity index (χ0n) is 14.8. The quantitative estimate of drug-likeness (QED) is 0.698. The first-order chi connectivity index (χ1) is 9.73. The maximum absolute atomic E-state index is 12.2. The van der Waals surface area contributed by atoms with E-state index in [0.717, 1.165) is 32.2 Å². The van der Waals surface area contributed by atoms with Gasteiger partial charge >= 0.3 is 6.09 Å². The minimum atomic E-state index is -0.457. The van der Waals surface area contributed by atoms with E-state index in [1.807, 2.05) is 27.7 Å². The van der Waals surface area contributed by atoms with Crippen molar-refractivity contribution in [3.63, 3.8) is 0 Å². The van der Waals surface area contributed by atoms with E-state index in [2.05, 4.69) is 13.8 Å². The summed E-state index contributed by atoms with van der Waals surface area (Å²) in [5, 5.41) is 9.05. The van der Waals surface area contributed by atoms with Crippen molar-refractivity contribution < 1.29 is 14.6 Å². The van der Waals surface area contributed by atoms with Crippen LogP contribution in [0, 0.1) is 11.8 Å². The summed E-state index contributed by atoms with van der Waals surface area (Å²) in [4.78, 5) is 14.0. The number of nitrogens with zero attached hydrogens (tertiary/aromatic N) is 1. The first-order valence-corrected chi connectivity index (χ1v) is 8.32. The second-order valence-electron chi connectivity index (χ2n) is 7.00. The Morgan fingerprint density at radius 2 is 1.90 bits per heavy atom. The average Bonchev–Trinajstić information content (AvgIpc) is 2.39. The van der Waals surface area contributed by atoms with Crippen molar-refractivity contribution in [3.05, 3.63) is 0 Å². The third-order valence-corrected chi connectivity index (χ3v) is 3.72. The third kappa shape index (κ3) is 9.72. The van der Waals surface area contributed by atoms with E-state index in [4.69, 9.17) is 9.84 Å². The Morgan fingerprint density at radius 3 is 2.33 bits per heavy atom. The molecule has 1 N–H and O–H groups in total. The van der Waals surface area contributed by atoms with Crippen LogP contribution < -0.4 is 0 Å². The first-order valence-electron chi connectivity index (χ1n) is 8.32. The molecule has 0 saturated carbocycles. The molecule has 0 aliphatic rings. The van der Waals surface area contributed by atoms with E-state index in [1.54, 1.807) is 4.90 Å². The molecular formula is C17H35NO3. The highest BCUT2D eigenvalue weighted by Gasteiger charge is 2.24. The third-order valence-electron chi connectivity index (χ3n) is 3.72. The minimum Gasteiger partial charge on any atom is -0.444 e. The maximum Gasteiger partial charge on any atom is 0.410 e. The molecular weight excluding hydrogens is 266 g/mol. The lowest BCUT2D eigenvalue weighted by molar-refractivity contribution is 0.0219. The Kier molecular flexibility index (Phi) is 9.67. The van der Waals surface area contributed by atoms with Crippen molar-refractivity contribution in [1.29, 1.82) is 0 Å². The number of hydrogen-bond donors (Lipinski definition) is 1. The summed E-state index contributed by atoms with van der Waals surface area (Å²) in [5.74, 6) is 1.07. The summed E-state index contributed by atoms with van der Waals surface area (Å²) in [6, 6.07) is 0. The highest BCUT2D eigenvalue weighted by molar-refractivity contribution is 5.68. The average molecular weight is 301 g/mol. The molecule has 1 amide bonds. The number of carbonyl (C=O) groups is 1. The molecule has 0 aliphatic heterocycles. The van der Waals surface area contributed by atoms with Gasteiger partial charge in [0.15, 0.2) is 0 Å². The van der Waals surface area contributed by atoms with Crippen LogP contribution in [0.25, 0.3) is 0 Å². The highest BCUT2D eigenvalue weighted by atomic mass is 16.6. The fourth-order valence-corrected chi connectivity index (χ4v) is 2.37. The van der Waals surface area contributed by atoms with E-state index < -0.39 is 5.60 Å². The fourth-order valence-electron chi connectivity index (χ4n) is 2.37. The molecule has 4 nitrogen and oxygen atoms in total. The standard InChI is InChI=1S/C17H35NO3/c1-7-14(3)12-15(10-9-11-19)13-18(8-2)16(20)21-17(4,5)6/h14-15,19H,7-13H2,1-6H3/t14-,15-/m0/s1. The summed E-state index contributed by atoms with van der Waals surface area (Å²) in [7, 11) is 0. The lowest BCUT2D eigenvalue weighted by Crippen LogP contribution is -2.39. The summed E-state index contributed by atoms with van der Waals surface area (Å²) in [6.45, 7) is 13.7. The van der Waals surface area contributed by atoms with Gasteiger partial charge in [-0.25, -0.2) is 4.79 Å². The lowest BCUT2D eigenvalue weighted by Gasteiger charge is -2.30. The molecule has 0 spiro atoms. The van der Waals surface area contributed by atoms with E-state index in [1.165, 1.54) is 0 Å². The van der Waals surface area contributed by atoms with Crippen LogP contribution in [-0.4, -0.2) is 41.4 Å². The number of rotatable bonds is 9. The monoisotopic (exact) mass is 301 g/mol. The number of aliphatic hydroxyl groups is 1. The van der Waals surface area contributed by atoms with Gasteiger partial charge in [0.2, 0.25) is 0 Å². The molecule has 0 heterocycles. The molecule has 4 heteroatoms. The Labute approximate surface area is 130 Å². The minimum absolute atomic E-state index is 0.218. The summed E-state index contributed by atoms with van der Waals surface area (Å²) >= 11 is 0. The molecule has 0 bridgehead atoms.